The fourth-order valence-corrected chi connectivity index (χ4v) is 2.60. The topological polar surface area (TPSA) is 50.4 Å². The van der Waals surface area contributed by atoms with E-state index in [0.29, 0.717) is 13.2 Å². The standard InChI is InChI=1S/C16H25BrN2O2.ClH/c1-18-8-4-9-19-16(20)14(7-10-21-2)11-13-5-3-6-15(17)12-13;/h3,5-6,12,14,18H,4,7-11H2,1-2H3,(H,19,20);1H. The molecule has 0 aliphatic carbocycles. The highest BCUT2D eigenvalue weighted by molar-refractivity contribution is 9.10. The second kappa shape index (κ2) is 12.9. The van der Waals surface area contributed by atoms with E-state index in [1.54, 1.807) is 7.11 Å². The second-order valence-electron chi connectivity index (χ2n) is 5.06. The molecule has 1 amide bonds. The van der Waals surface area contributed by atoms with Gasteiger partial charge in [-0.2, -0.15) is 0 Å². The van der Waals surface area contributed by atoms with Gasteiger partial charge in [-0.25, -0.2) is 0 Å². The maximum Gasteiger partial charge on any atom is 0.223 e. The SMILES string of the molecule is CNCCCNC(=O)C(CCOC)Cc1cccc(Br)c1.Cl. The lowest BCUT2D eigenvalue weighted by molar-refractivity contribution is -0.125. The lowest BCUT2D eigenvalue weighted by Crippen LogP contribution is -2.34. The van der Waals surface area contributed by atoms with E-state index in [1.807, 2.05) is 19.2 Å². The van der Waals surface area contributed by atoms with Crippen molar-refractivity contribution < 1.29 is 9.53 Å². The number of hydrogen-bond acceptors (Lipinski definition) is 3. The summed E-state index contributed by atoms with van der Waals surface area (Å²) in [4.78, 5) is 12.3. The third kappa shape index (κ3) is 8.73. The molecule has 1 rings (SSSR count). The lowest BCUT2D eigenvalue weighted by atomic mass is 9.95. The second-order valence-corrected chi connectivity index (χ2v) is 5.98. The predicted molar refractivity (Wildman–Crippen MR) is 96.6 cm³/mol. The monoisotopic (exact) mass is 392 g/mol. The molecule has 0 aromatic heterocycles. The van der Waals surface area contributed by atoms with Crippen LogP contribution in [-0.2, 0) is 16.0 Å². The molecule has 2 N–H and O–H groups in total. The molecule has 0 aliphatic rings. The third-order valence-corrected chi connectivity index (χ3v) is 3.81. The Labute approximate surface area is 147 Å². The summed E-state index contributed by atoms with van der Waals surface area (Å²) in [6, 6.07) is 8.11. The molecule has 6 heteroatoms. The summed E-state index contributed by atoms with van der Waals surface area (Å²) in [5, 5.41) is 6.09. The van der Waals surface area contributed by atoms with Crippen LogP contribution in [0.2, 0.25) is 0 Å². The van der Waals surface area contributed by atoms with Gasteiger partial charge in [-0.3, -0.25) is 4.79 Å². The van der Waals surface area contributed by atoms with Crippen molar-refractivity contribution in [1.29, 1.82) is 0 Å². The lowest BCUT2D eigenvalue weighted by Gasteiger charge is -2.17. The van der Waals surface area contributed by atoms with Crippen LogP contribution in [-0.4, -0.2) is 39.8 Å². The predicted octanol–water partition coefficient (Wildman–Crippen LogP) is 2.79. The molecular weight excluding hydrogens is 368 g/mol. The Morgan fingerprint density at radius 3 is 2.77 bits per heavy atom. The molecular formula is C16H26BrClN2O2. The van der Waals surface area contributed by atoms with E-state index in [2.05, 4.69) is 38.7 Å². The molecule has 1 aromatic rings. The van der Waals surface area contributed by atoms with E-state index in [-0.39, 0.29) is 24.2 Å². The third-order valence-electron chi connectivity index (χ3n) is 3.32. The van der Waals surface area contributed by atoms with Gasteiger partial charge in [-0.1, -0.05) is 28.1 Å². The molecule has 22 heavy (non-hydrogen) atoms. The Balaban J connectivity index is 0.00000441. The van der Waals surface area contributed by atoms with Crippen molar-refractivity contribution >= 4 is 34.2 Å². The van der Waals surface area contributed by atoms with E-state index in [9.17, 15) is 4.79 Å². The molecule has 126 valence electrons. The molecule has 0 saturated heterocycles. The smallest absolute Gasteiger partial charge is 0.223 e. The number of rotatable bonds is 10. The number of nitrogens with one attached hydrogen (secondary N) is 2. The number of carbonyl (C=O) groups is 1. The first-order chi connectivity index (χ1) is 10.2. The van der Waals surface area contributed by atoms with Crippen LogP contribution >= 0.6 is 28.3 Å². The summed E-state index contributed by atoms with van der Waals surface area (Å²) in [6.45, 7) is 2.22. The van der Waals surface area contributed by atoms with Gasteiger partial charge in [0.2, 0.25) is 5.91 Å². The van der Waals surface area contributed by atoms with Gasteiger partial charge in [0.05, 0.1) is 0 Å². The summed E-state index contributed by atoms with van der Waals surface area (Å²) in [7, 11) is 3.58. The number of halogens is 2. The summed E-state index contributed by atoms with van der Waals surface area (Å²) in [5.41, 5.74) is 1.16. The first-order valence-corrected chi connectivity index (χ1v) is 8.12. The van der Waals surface area contributed by atoms with E-state index in [1.165, 1.54) is 0 Å². The average Bonchev–Trinajstić information content (AvgIpc) is 2.47. The van der Waals surface area contributed by atoms with Crippen molar-refractivity contribution in [3.63, 3.8) is 0 Å². The highest BCUT2D eigenvalue weighted by Crippen LogP contribution is 2.17. The molecule has 4 nitrogen and oxygen atoms in total. The van der Waals surface area contributed by atoms with Crippen molar-refractivity contribution in [2.24, 2.45) is 5.92 Å². The number of amides is 1. The molecule has 1 unspecified atom stereocenters. The summed E-state index contributed by atoms with van der Waals surface area (Å²) in [6.07, 6.45) is 2.41. The molecule has 0 radical (unpaired) electrons. The number of carbonyl (C=O) groups excluding carboxylic acids is 1. The van der Waals surface area contributed by atoms with E-state index < -0.39 is 0 Å². The average molecular weight is 394 g/mol. The minimum absolute atomic E-state index is 0. The van der Waals surface area contributed by atoms with Crippen molar-refractivity contribution in [3.8, 4) is 0 Å². The zero-order chi connectivity index (χ0) is 15.5. The zero-order valence-corrected chi connectivity index (χ0v) is 15.6. The van der Waals surface area contributed by atoms with Crippen LogP contribution in [0.25, 0.3) is 0 Å². The summed E-state index contributed by atoms with van der Waals surface area (Å²) < 4.78 is 6.17. The minimum atomic E-state index is -0.0474. The van der Waals surface area contributed by atoms with E-state index in [0.717, 1.165) is 35.8 Å². The first kappa shape index (κ1) is 21.4. The number of methoxy groups -OCH3 is 1. The van der Waals surface area contributed by atoms with Gasteiger partial charge >= 0.3 is 0 Å². The maximum atomic E-state index is 12.3. The highest BCUT2D eigenvalue weighted by Gasteiger charge is 2.18. The van der Waals surface area contributed by atoms with Crippen molar-refractivity contribution in [2.75, 3.05) is 33.9 Å². The van der Waals surface area contributed by atoms with Gasteiger partial charge in [-0.05, 0) is 50.6 Å². The molecule has 0 spiro atoms. The number of hydrogen-bond donors (Lipinski definition) is 2. The Bertz CT molecular complexity index is 432. The summed E-state index contributed by atoms with van der Waals surface area (Å²) >= 11 is 3.47. The number of benzene rings is 1. The maximum absolute atomic E-state index is 12.3. The summed E-state index contributed by atoms with van der Waals surface area (Å²) in [5.74, 6) is 0.0666. The van der Waals surface area contributed by atoms with E-state index >= 15 is 0 Å². The molecule has 1 aromatic carbocycles. The fourth-order valence-electron chi connectivity index (χ4n) is 2.16. The molecule has 0 saturated carbocycles. The minimum Gasteiger partial charge on any atom is -0.385 e. The van der Waals surface area contributed by atoms with Gasteiger partial charge in [0.1, 0.15) is 0 Å². The largest absolute Gasteiger partial charge is 0.385 e. The van der Waals surface area contributed by atoms with E-state index in [4.69, 9.17) is 4.74 Å². The Morgan fingerprint density at radius 2 is 2.14 bits per heavy atom. The van der Waals surface area contributed by atoms with Crippen molar-refractivity contribution in [2.45, 2.75) is 19.3 Å². The van der Waals surface area contributed by atoms with Gasteiger partial charge in [0.25, 0.3) is 0 Å². The molecule has 0 heterocycles. The van der Waals surface area contributed by atoms with Gasteiger partial charge in [-0.15, -0.1) is 12.4 Å². The fraction of sp³-hybridized carbons (Fsp3) is 0.562. The molecule has 1 atom stereocenters. The normalized spacial score (nSPS) is 11.6. The Hall–Kier alpha value is -0.620. The molecule has 0 bridgehead atoms. The highest BCUT2D eigenvalue weighted by atomic mass is 79.9. The number of ether oxygens (including phenoxy) is 1. The van der Waals surface area contributed by atoms with Gasteiger partial charge in [0.15, 0.2) is 0 Å². The van der Waals surface area contributed by atoms with Gasteiger partial charge in [0, 0.05) is 30.7 Å². The Kier molecular flexibility index (Phi) is 12.5. The van der Waals surface area contributed by atoms with Crippen molar-refractivity contribution in [1.82, 2.24) is 10.6 Å². The van der Waals surface area contributed by atoms with Gasteiger partial charge < -0.3 is 15.4 Å². The Morgan fingerprint density at radius 1 is 1.36 bits per heavy atom. The van der Waals surface area contributed by atoms with Crippen LogP contribution in [0.15, 0.2) is 28.7 Å². The van der Waals surface area contributed by atoms with Crippen LogP contribution in [0.4, 0.5) is 0 Å². The van der Waals surface area contributed by atoms with Crippen LogP contribution in [0.1, 0.15) is 18.4 Å². The quantitative estimate of drug-likeness (QED) is 0.601. The van der Waals surface area contributed by atoms with Crippen LogP contribution in [0, 0.1) is 5.92 Å². The molecule has 0 fully saturated rings. The van der Waals surface area contributed by atoms with Crippen LogP contribution < -0.4 is 10.6 Å². The zero-order valence-electron chi connectivity index (χ0n) is 13.2. The van der Waals surface area contributed by atoms with Crippen LogP contribution in [0.5, 0.6) is 0 Å². The van der Waals surface area contributed by atoms with Crippen molar-refractivity contribution in [3.05, 3.63) is 34.3 Å². The van der Waals surface area contributed by atoms with Crippen LogP contribution in [0.3, 0.4) is 0 Å². The molecule has 0 aliphatic heterocycles. The first-order valence-electron chi connectivity index (χ1n) is 7.33.